The van der Waals surface area contributed by atoms with E-state index in [4.69, 9.17) is 0 Å². The SMILES string of the molecule is Cc1c(CNCC2CCC(O)C2)cnn1C. The van der Waals surface area contributed by atoms with E-state index in [1.54, 1.807) is 0 Å². The van der Waals surface area contributed by atoms with Crippen LogP contribution >= 0.6 is 0 Å². The first-order valence-electron chi connectivity index (χ1n) is 6.03. The Bertz CT molecular complexity index is 348. The molecule has 90 valence electrons. The van der Waals surface area contributed by atoms with Crippen molar-refractivity contribution in [2.75, 3.05) is 6.54 Å². The Morgan fingerprint density at radius 2 is 2.38 bits per heavy atom. The summed E-state index contributed by atoms with van der Waals surface area (Å²) in [4.78, 5) is 0. The molecule has 0 radical (unpaired) electrons. The van der Waals surface area contributed by atoms with Gasteiger partial charge in [-0.1, -0.05) is 0 Å². The number of aliphatic hydroxyl groups is 1. The Balaban J connectivity index is 1.74. The van der Waals surface area contributed by atoms with Gasteiger partial charge in [0.15, 0.2) is 0 Å². The van der Waals surface area contributed by atoms with Crippen LogP contribution in [0.3, 0.4) is 0 Å². The van der Waals surface area contributed by atoms with Gasteiger partial charge in [0.25, 0.3) is 0 Å². The molecule has 4 heteroatoms. The molecule has 1 aliphatic carbocycles. The predicted molar refractivity (Wildman–Crippen MR) is 63.0 cm³/mol. The number of aliphatic hydroxyl groups excluding tert-OH is 1. The Morgan fingerprint density at radius 3 is 2.94 bits per heavy atom. The molecule has 2 rings (SSSR count). The second kappa shape index (κ2) is 4.97. The molecule has 1 aliphatic rings. The highest BCUT2D eigenvalue weighted by Gasteiger charge is 2.22. The molecule has 2 N–H and O–H groups in total. The maximum Gasteiger partial charge on any atom is 0.0543 e. The van der Waals surface area contributed by atoms with Crippen molar-refractivity contribution in [1.82, 2.24) is 15.1 Å². The van der Waals surface area contributed by atoms with Crippen molar-refractivity contribution in [3.8, 4) is 0 Å². The normalized spacial score (nSPS) is 25.2. The molecule has 2 unspecified atom stereocenters. The first-order valence-corrected chi connectivity index (χ1v) is 6.03. The molecule has 0 aromatic carbocycles. The van der Waals surface area contributed by atoms with Crippen molar-refractivity contribution in [3.05, 3.63) is 17.5 Å². The topological polar surface area (TPSA) is 50.1 Å². The lowest BCUT2D eigenvalue weighted by Crippen LogP contribution is -2.21. The van der Waals surface area contributed by atoms with Gasteiger partial charge in [0, 0.05) is 24.8 Å². The second-order valence-corrected chi connectivity index (χ2v) is 4.84. The predicted octanol–water partition coefficient (Wildman–Crippen LogP) is 0.979. The molecule has 0 aliphatic heterocycles. The van der Waals surface area contributed by atoms with E-state index in [1.807, 2.05) is 17.9 Å². The molecule has 1 fully saturated rings. The molecular weight excluding hydrogens is 202 g/mol. The van der Waals surface area contributed by atoms with Crippen LogP contribution in [0.15, 0.2) is 6.20 Å². The van der Waals surface area contributed by atoms with Crippen LogP contribution in [-0.2, 0) is 13.6 Å². The number of aryl methyl sites for hydroxylation is 1. The smallest absolute Gasteiger partial charge is 0.0543 e. The summed E-state index contributed by atoms with van der Waals surface area (Å²) in [5.41, 5.74) is 2.49. The summed E-state index contributed by atoms with van der Waals surface area (Å²) in [7, 11) is 1.96. The van der Waals surface area contributed by atoms with Gasteiger partial charge in [0.1, 0.15) is 0 Å². The van der Waals surface area contributed by atoms with Crippen LogP contribution in [0.1, 0.15) is 30.5 Å². The van der Waals surface area contributed by atoms with Crippen molar-refractivity contribution < 1.29 is 5.11 Å². The third-order valence-corrected chi connectivity index (χ3v) is 3.60. The van der Waals surface area contributed by atoms with Gasteiger partial charge in [-0.25, -0.2) is 0 Å². The fourth-order valence-electron chi connectivity index (χ4n) is 2.36. The van der Waals surface area contributed by atoms with Gasteiger partial charge in [-0.2, -0.15) is 5.10 Å². The van der Waals surface area contributed by atoms with Crippen LogP contribution in [0.4, 0.5) is 0 Å². The molecule has 4 nitrogen and oxygen atoms in total. The van der Waals surface area contributed by atoms with E-state index in [9.17, 15) is 5.11 Å². The highest BCUT2D eigenvalue weighted by atomic mass is 16.3. The van der Waals surface area contributed by atoms with Crippen LogP contribution in [-0.4, -0.2) is 27.5 Å². The first-order chi connectivity index (χ1) is 7.66. The van der Waals surface area contributed by atoms with Gasteiger partial charge >= 0.3 is 0 Å². The Kier molecular flexibility index (Phi) is 3.61. The molecule has 1 heterocycles. The van der Waals surface area contributed by atoms with Crippen LogP contribution in [0.5, 0.6) is 0 Å². The van der Waals surface area contributed by atoms with Crippen molar-refractivity contribution in [1.29, 1.82) is 0 Å². The quantitative estimate of drug-likeness (QED) is 0.800. The van der Waals surface area contributed by atoms with Gasteiger partial charge < -0.3 is 10.4 Å². The van der Waals surface area contributed by atoms with E-state index >= 15 is 0 Å². The standard InChI is InChI=1S/C12H21N3O/c1-9-11(8-14-15(9)2)7-13-6-10-3-4-12(16)5-10/h8,10,12-13,16H,3-7H2,1-2H3. The molecule has 16 heavy (non-hydrogen) atoms. The van der Waals surface area contributed by atoms with Gasteiger partial charge in [-0.05, 0) is 38.6 Å². The summed E-state index contributed by atoms with van der Waals surface area (Å²) < 4.78 is 1.90. The zero-order chi connectivity index (χ0) is 11.5. The second-order valence-electron chi connectivity index (χ2n) is 4.84. The van der Waals surface area contributed by atoms with Gasteiger partial charge in [0.2, 0.25) is 0 Å². The number of rotatable bonds is 4. The first kappa shape index (κ1) is 11.6. The van der Waals surface area contributed by atoms with E-state index in [1.165, 1.54) is 11.3 Å². The molecule has 1 aromatic rings. The minimum atomic E-state index is -0.0630. The molecular formula is C12H21N3O. The highest BCUT2D eigenvalue weighted by Crippen LogP contribution is 2.24. The average Bonchev–Trinajstić information content (AvgIpc) is 2.79. The molecule has 0 spiro atoms. The van der Waals surface area contributed by atoms with Gasteiger partial charge in [-0.15, -0.1) is 0 Å². The number of hydrogen-bond donors (Lipinski definition) is 2. The lowest BCUT2D eigenvalue weighted by Gasteiger charge is -2.10. The monoisotopic (exact) mass is 223 g/mol. The van der Waals surface area contributed by atoms with Crippen molar-refractivity contribution >= 4 is 0 Å². The number of aromatic nitrogens is 2. The minimum Gasteiger partial charge on any atom is -0.393 e. The van der Waals surface area contributed by atoms with Gasteiger partial charge in [-0.3, -0.25) is 4.68 Å². The maximum atomic E-state index is 9.42. The maximum absolute atomic E-state index is 9.42. The fourth-order valence-corrected chi connectivity index (χ4v) is 2.36. The van der Waals surface area contributed by atoms with E-state index < -0.39 is 0 Å². The van der Waals surface area contributed by atoms with E-state index in [2.05, 4.69) is 17.3 Å². The molecule has 0 saturated heterocycles. The number of hydrogen-bond acceptors (Lipinski definition) is 3. The Morgan fingerprint density at radius 1 is 1.56 bits per heavy atom. The van der Waals surface area contributed by atoms with Crippen LogP contribution in [0, 0.1) is 12.8 Å². The van der Waals surface area contributed by atoms with Crippen LogP contribution in [0.25, 0.3) is 0 Å². The highest BCUT2D eigenvalue weighted by molar-refractivity contribution is 5.15. The summed E-state index contributed by atoms with van der Waals surface area (Å²) in [5.74, 6) is 0.645. The number of nitrogens with zero attached hydrogens (tertiary/aromatic N) is 2. The van der Waals surface area contributed by atoms with Gasteiger partial charge in [0.05, 0.1) is 12.3 Å². The fraction of sp³-hybridized carbons (Fsp3) is 0.750. The minimum absolute atomic E-state index is 0.0630. The van der Waals surface area contributed by atoms with Crippen molar-refractivity contribution in [3.63, 3.8) is 0 Å². The number of nitrogens with one attached hydrogen (secondary N) is 1. The van der Waals surface area contributed by atoms with Crippen molar-refractivity contribution in [2.45, 2.75) is 38.8 Å². The van der Waals surface area contributed by atoms with Crippen LogP contribution < -0.4 is 5.32 Å². The van der Waals surface area contributed by atoms with E-state index in [-0.39, 0.29) is 6.10 Å². The third-order valence-electron chi connectivity index (χ3n) is 3.60. The zero-order valence-corrected chi connectivity index (χ0v) is 10.1. The molecule has 2 atom stereocenters. The Labute approximate surface area is 96.7 Å². The third kappa shape index (κ3) is 2.62. The van der Waals surface area contributed by atoms with E-state index in [0.717, 1.165) is 32.4 Å². The average molecular weight is 223 g/mol. The Hall–Kier alpha value is -0.870. The molecule has 1 aromatic heterocycles. The summed E-state index contributed by atoms with van der Waals surface area (Å²) in [6.45, 7) is 3.97. The summed E-state index contributed by atoms with van der Waals surface area (Å²) in [6, 6.07) is 0. The van der Waals surface area contributed by atoms with Crippen LogP contribution in [0.2, 0.25) is 0 Å². The lowest BCUT2D eigenvalue weighted by atomic mass is 10.1. The molecule has 0 amide bonds. The summed E-state index contributed by atoms with van der Waals surface area (Å²) in [6.07, 6.45) is 4.94. The summed E-state index contributed by atoms with van der Waals surface area (Å²) in [5, 5.41) is 17.1. The van der Waals surface area contributed by atoms with Crippen molar-refractivity contribution in [2.24, 2.45) is 13.0 Å². The largest absolute Gasteiger partial charge is 0.393 e. The summed E-state index contributed by atoms with van der Waals surface area (Å²) >= 11 is 0. The lowest BCUT2D eigenvalue weighted by molar-refractivity contribution is 0.177. The molecule has 1 saturated carbocycles. The van der Waals surface area contributed by atoms with E-state index in [0.29, 0.717) is 5.92 Å². The molecule has 0 bridgehead atoms. The zero-order valence-electron chi connectivity index (χ0n) is 10.1.